The summed E-state index contributed by atoms with van der Waals surface area (Å²) < 4.78 is 34.1. The third kappa shape index (κ3) is 5.00. The molecule has 2 aromatic heterocycles. The Labute approximate surface area is 184 Å². The number of amides is 1. The van der Waals surface area contributed by atoms with Gasteiger partial charge >= 0.3 is 0 Å². The summed E-state index contributed by atoms with van der Waals surface area (Å²) in [5, 5.41) is 17.1. The number of alkyl halides is 2. The molecule has 4 rings (SSSR count). The van der Waals surface area contributed by atoms with Crippen LogP contribution in [0.3, 0.4) is 0 Å². The number of hydrogen-bond acceptors (Lipinski definition) is 5. The van der Waals surface area contributed by atoms with Crippen LogP contribution < -0.4 is 5.32 Å². The Kier molecular flexibility index (Phi) is 6.57. The number of nitrogens with zero attached hydrogens (tertiary/aromatic N) is 3. The molecule has 0 radical (unpaired) electrons. The van der Waals surface area contributed by atoms with Gasteiger partial charge in [0.1, 0.15) is 5.69 Å². The van der Waals surface area contributed by atoms with Gasteiger partial charge in [-0.15, -0.1) is 0 Å². The first-order valence-electron chi connectivity index (χ1n) is 10.3. The maximum Gasteiger partial charge on any atom is 0.270 e. The topological polar surface area (TPSA) is 89.3 Å². The van der Waals surface area contributed by atoms with Crippen molar-refractivity contribution in [1.29, 1.82) is 0 Å². The fourth-order valence-electron chi connectivity index (χ4n) is 3.67. The third-order valence-corrected chi connectivity index (χ3v) is 5.49. The number of aromatic nitrogens is 3. The van der Waals surface area contributed by atoms with Gasteiger partial charge in [0, 0.05) is 37.2 Å². The molecule has 1 aliphatic rings. The lowest BCUT2D eigenvalue weighted by atomic mass is 9.99. The zero-order valence-corrected chi connectivity index (χ0v) is 17.5. The lowest BCUT2D eigenvalue weighted by Crippen LogP contribution is -2.49. The number of pyridine rings is 1. The first-order valence-corrected chi connectivity index (χ1v) is 10.3. The second-order valence-corrected chi connectivity index (χ2v) is 7.83. The van der Waals surface area contributed by atoms with Crippen LogP contribution in [0.2, 0.25) is 0 Å². The quantitative estimate of drug-likeness (QED) is 0.613. The van der Waals surface area contributed by atoms with Crippen molar-refractivity contribution in [1.82, 2.24) is 20.1 Å². The van der Waals surface area contributed by atoms with Gasteiger partial charge in [-0.2, -0.15) is 5.10 Å². The van der Waals surface area contributed by atoms with E-state index in [4.69, 9.17) is 4.74 Å². The Hall–Kier alpha value is -3.17. The highest BCUT2D eigenvalue weighted by molar-refractivity contribution is 5.92. The summed E-state index contributed by atoms with van der Waals surface area (Å²) in [6, 6.07) is 10.2. The van der Waals surface area contributed by atoms with Crippen LogP contribution in [0, 0.1) is 0 Å². The first kappa shape index (κ1) is 22.0. The number of rotatable bonds is 6. The van der Waals surface area contributed by atoms with Gasteiger partial charge in [0.15, 0.2) is 0 Å². The smallest absolute Gasteiger partial charge is 0.270 e. The Morgan fingerprint density at radius 3 is 2.75 bits per heavy atom. The van der Waals surface area contributed by atoms with Crippen molar-refractivity contribution in [3.05, 3.63) is 71.2 Å². The summed E-state index contributed by atoms with van der Waals surface area (Å²) in [6.07, 6.45) is 0.106. The van der Waals surface area contributed by atoms with E-state index in [1.54, 1.807) is 4.68 Å². The van der Waals surface area contributed by atoms with E-state index in [9.17, 15) is 18.7 Å². The molecular weight excluding hydrogens is 418 g/mol. The van der Waals surface area contributed by atoms with Crippen LogP contribution in [0.25, 0.3) is 11.3 Å². The average molecular weight is 442 g/mol. The van der Waals surface area contributed by atoms with E-state index in [1.165, 1.54) is 6.07 Å². The summed E-state index contributed by atoms with van der Waals surface area (Å²) >= 11 is 0. The molecular formula is C23H24F2N4O3. The SMILES string of the molecule is Cn1ccc(-c2ccc(Cc3cc(C(=O)N[C@H]4COCC[C@@H]4O)ncc3C(F)F)cc2)n1. The van der Waals surface area contributed by atoms with Crippen LogP contribution in [0.5, 0.6) is 0 Å². The molecule has 7 nitrogen and oxygen atoms in total. The molecule has 0 unspecified atom stereocenters. The minimum Gasteiger partial charge on any atom is -0.391 e. The molecule has 168 valence electrons. The van der Waals surface area contributed by atoms with E-state index < -0.39 is 24.5 Å². The van der Waals surface area contributed by atoms with Crippen molar-refractivity contribution in [2.75, 3.05) is 13.2 Å². The minimum absolute atomic E-state index is 0.0206. The molecule has 1 aliphatic heterocycles. The summed E-state index contributed by atoms with van der Waals surface area (Å²) in [4.78, 5) is 16.5. The zero-order chi connectivity index (χ0) is 22.7. The lowest BCUT2D eigenvalue weighted by molar-refractivity contribution is -0.0140. The number of ether oxygens (including phenoxy) is 1. The van der Waals surface area contributed by atoms with Crippen LogP contribution >= 0.6 is 0 Å². The maximum atomic E-state index is 13.6. The van der Waals surface area contributed by atoms with E-state index in [1.807, 2.05) is 43.6 Å². The van der Waals surface area contributed by atoms with Crippen molar-refractivity contribution in [3.63, 3.8) is 0 Å². The van der Waals surface area contributed by atoms with E-state index in [0.29, 0.717) is 18.6 Å². The molecule has 0 spiro atoms. The van der Waals surface area contributed by atoms with Gasteiger partial charge in [0.05, 0.1) is 24.4 Å². The number of benzene rings is 1. The molecule has 0 aliphatic carbocycles. The van der Waals surface area contributed by atoms with Crippen LogP contribution in [0.4, 0.5) is 8.78 Å². The second kappa shape index (κ2) is 9.54. The van der Waals surface area contributed by atoms with Crippen molar-refractivity contribution in [2.24, 2.45) is 7.05 Å². The van der Waals surface area contributed by atoms with Gasteiger partial charge in [-0.25, -0.2) is 8.78 Å². The number of carbonyl (C=O) groups is 1. The summed E-state index contributed by atoms with van der Waals surface area (Å²) in [7, 11) is 1.84. The molecule has 0 saturated carbocycles. The number of aliphatic hydroxyl groups is 1. The monoisotopic (exact) mass is 442 g/mol. The van der Waals surface area contributed by atoms with E-state index in [0.717, 1.165) is 23.0 Å². The van der Waals surface area contributed by atoms with Crippen LogP contribution in [0.15, 0.2) is 48.8 Å². The molecule has 1 fully saturated rings. The van der Waals surface area contributed by atoms with Gasteiger partial charge in [-0.1, -0.05) is 24.3 Å². The van der Waals surface area contributed by atoms with Gasteiger partial charge in [0.25, 0.3) is 12.3 Å². The second-order valence-electron chi connectivity index (χ2n) is 7.83. The Morgan fingerprint density at radius 2 is 2.09 bits per heavy atom. The molecule has 9 heteroatoms. The largest absolute Gasteiger partial charge is 0.391 e. The molecule has 32 heavy (non-hydrogen) atoms. The molecule has 1 amide bonds. The van der Waals surface area contributed by atoms with E-state index >= 15 is 0 Å². The molecule has 3 heterocycles. The maximum absolute atomic E-state index is 13.6. The fraction of sp³-hybridized carbons (Fsp3) is 0.348. The number of carbonyl (C=O) groups excluding carboxylic acids is 1. The number of halogens is 2. The molecule has 1 saturated heterocycles. The normalized spacial score (nSPS) is 18.7. The zero-order valence-electron chi connectivity index (χ0n) is 17.5. The molecule has 0 bridgehead atoms. The highest BCUT2D eigenvalue weighted by atomic mass is 19.3. The van der Waals surface area contributed by atoms with Crippen LogP contribution in [-0.2, 0) is 18.2 Å². The molecule has 2 N–H and O–H groups in total. The highest BCUT2D eigenvalue weighted by Crippen LogP contribution is 2.26. The van der Waals surface area contributed by atoms with Gasteiger partial charge in [-0.05, 0) is 36.1 Å². The van der Waals surface area contributed by atoms with Gasteiger partial charge < -0.3 is 15.2 Å². The Morgan fingerprint density at radius 1 is 1.31 bits per heavy atom. The molecule has 3 aromatic rings. The Balaban J connectivity index is 1.53. The van der Waals surface area contributed by atoms with Gasteiger partial charge in [-0.3, -0.25) is 14.5 Å². The fourth-order valence-corrected chi connectivity index (χ4v) is 3.67. The number of nitrogens with one attached hydrogen (secondary N) is 1. The lowest BCUT2D eigenvalue weighted by Gasteiger charge is -2.28. The van der Waals surface area contributed by atoms with E-state index in [-0.39, 0.29) is 24.3 Å². The minimum atomic E-state index is -2.71. The summed E-state index contributed by atoms with van der Waals surface area (Å²) in [6.45, 7) is 0.621. The van der Waals surface area contributed by atoms with Gasteiger partial charge in [0.2, 0.25) is 0 Å². The molecule has 1 aromatic carbocycles. The number of aryl methyl sites for hydroxylation is 1. The van der Waals surface area contributed by atoms with Crippen molar-refractivity contribution < 1.29 is 23.4 Å². The van der Waals surface area contributed by atoms with Crippen molar-refractivity contribution >= 4 is 5.91 Å². The first-order chi connectivity index (χ1) is 15.4. The predicted octanol–water partition coefficient (Wildman–Crippen LogP) is 2.89. The number of aliphatic hydroxyl groups excluding tert-OH is 1. The Bertz CT molecular complexity index is 1090. The van der Waals surface area contributed by atoms with Crippen molar-refractivity contribution in [3.8, 4) is 11.3 Å². The van der Waals surface area contributed by atoms with Crippen LogP contribution in [-0.4, -0.2) is 51.1 Å². The summed E-state index contributed by atoms with van der Waals surface area (Å²) in [5.74, 6) is -0.535. The standard InChI is InChI=1S/C23H24F2N4O3/c1-29-8-6-18(28-29)15-4-2-14(3-5-15)10-16-11-19(26-12-17(16)22(24)25)23(31)27-20-13-32-9-7-21(20)30/h2-6,8,11-12,20-22,30H,7,9-10,13H2,1H3,(H,27,31)/t20-,21-/m0/s1. The highest BCUT2D eigenvalue weighted by Gasteiger charge is 2.26. The summed E-state index contributed by atoms with van der Waals surface area (Å²) in [5.41, 5.74) is 2.70. The number of hydrogen-bond donors (Lipinski definition) is 2. The molecule has 2 atom stereocenters. The van der Waals surface area contributed by atoms with Crippen molar-refractivity contribution in [2.45, 2.75) is 31.4 Å². The predicted molar refractivity (Wildman–Crippen MR) is 113 cm³/mol. The van der Waals surface area contributed by atoms with Crippen LogP contribution in [0.1, 0.15) is 40.0 Å². The van der Waals surface area contributed by atoms with E-state index in [2.05, 4.69) is 15.4 Å². The third-order valence-electron chi connectivity index (χ3n) is 5.49. The average Bonchev–Trinajstić information content (AvgIpc) is 3.22.